The third kappa shape index (κ3) is 1.83. The second kappa shape index (κ2) is 3.49. The van der Waals surface area contributed by atoms with E-state index >= 15 is 0 Å². The summed E-state index contributed by atoms with van der Waals surface area (Å²) in [5, 5.41) is 8.68. The molecule has 0 amide bonds. The van der Waals surface area contributed by atoms with Crippen molar-refractivity contribution in [3.8, 4) is 5.95 Å². The van der Waals surface area contributed by atoms with Crippen LogP contribution < -0.4 is 0 Å². The van der Waals surface area contributed by atoms with Crippen LogP contribution in [0.5, 0.6) is 0 Å². The average Bonchev–Trinajstić information content (AvgIpc) is 2.66. The lowest BCUT2D eigenvalue weighted by Gasteiger charge is -1.98. The standard InChI is InChI=1S/C9H8N4O2/c1-6-2-3-10-9(12-6)13-4-7(8(14)15)11-5-13/h2-5H,1H3,(H,14,15). The Labute approximate surface area is 85.3 Å². The zero-order valence-corrected chi connectivity index (χ0v) is 7.95. The van der Waals surface area contributed by atoms with Gasteiger partial charge in [-0.25, -0.2) is 19.7 Å². The molecule has 76 valence electrons. The normalized spacial score (nSPS) is 10.2. The third-order valence-electron chi connectivity index (χ3n) is 1.81. The van der Waals surface area contributed by atoms with Crippen LogP contribution in [0.4, 0.5) is 0 Å². The highest BCUT2D eigenvalue weighted by atomic mass is 16.4. The van der Waals surface area contributed by atoms with Crippen LogP contribution >= 0.6 is 0 Å². The summed E-state index contributed by atoms with van der Waals surface area (Å²) in [6.07, 6.45) is 4.35. The van der Waals surface area contributed by atoms with Gasteiger partial charge in [0.2, 0.25) is 5.95 Å². The summed E-state index contributed by atoms with van der Waals surface area (Å²) in [5.74, 6) is -0.656. The highest BCUT2D eigenvalue weighted by Crippen LogP contribution is 2.03. The number of aryl methyl sites for hydroxylation is 1. The van der Waals surface area contributed by atoms with E-state index in [1.807, 2.05) is 6.92 Å². The maximum atomic E-state index is 10.6. The van der Waals surface area contributed by atoms with E-state index in [0.29, 0.717) is 5.95 Å². The molecule has 0 spiro atoms. The van der Waals surface area contributed by atoms with Crippen molar-refractivity contribution in [3.63, 3.8) is 0 Å². The van der Waals surface area contributed by atoms with Crippen LogP contribution in [0.15, 0.2) is 24.8 Å². The first-order valence-electron chi connectivity index (χ1n) is 4.24. The summed E-state index contributed by atoms with van der Waals surface area (Å²) in [6, 6.07) is 1.76. The summed E-state index contributed by atoms with van der Waals surface area (Å²) >= 11 is 0. The van der Waals surface area contributed by atoms with Crippen LogP contribution in [0.25, 0.3) is 5.95 Å². The zero-order valence-electron chi connectivity index (χ0n) is 7.95. The van der Waals surface area contributed by atoms with E-state index in [9.17, 15) is 4.79 Å². The summed E-state index contributed by atoms with van der Waals surface area (Å²) in [7, 11) is 0. The fraction of sp³-hybridized carbons (Fsp3) is 0.111. The Morgan fingerprint density at radius 3 is 2.87 bits per heavy atom. The van der Waals surface area contributed by atoms with Gasteiger partial charge in [0.1, 0.15) is 6.33 Å². The average molecular weight is 204 g/mol. The molecule has 15 heavy (non-hydrogen) atoms. The van der Waals surface area contributed by atoms with Gasteiger partial charge in [0, 0.05) is 18.1 Å². The van der Waals surface area contributed by atoms with Crippen molar-refractivity contribution < 1.29 is 9.90 Å². The van der Waals surface area contributed by atoms with E-state index in [1.165, 1.54) is 17.1 Å². The molecule has 0 saturated carbocycles. The summed E-state index contributed by atoms with van der Waals surface area (Å²) < 4.78 is 1.47. The van der Waals surface area contributed by atoms with Crippen molar-refractivity contribution in [1.82, 2.24) is 19.5 Å². The summed E-state index contributed by atoms with van der Waals surface area (Å²) in [4.78, 5) is 22.4. The number of carboxylic acid groups (broad SMARTS) is 1. The first-order valence-corrected chi connectivity index (χ1v) is 4.24. The van der Waals surface area contributed by atoms with Crippen LogP contribution in [-0.2, 0) is 0 Å². The fourth-order valence-electron chi connectivity index (χ4n) is 1.10. The lowest BCUT2D eigenvalue weighted by atomic mass is 10.5. The molecule has 2 heterocycles. The summed E-state index contributed by atoms with van der Waals surface area (Å²) in [6.45, 7) is 1.83. The summed E-state index contributed by atoms with van der Waals surface area (Å²) in [5.41, 5.74) is 0.783. The highest BCUT2D eigenvalue weighted by Gasteiger charge is 2.08. The van der Waals surface area contributed by atoms with Gasteiger partial charge in [0.05, 0.1) is 0 Å². The Morgan fingerprint density at radius 1 is 1.47 bits per heavy atom. The number of carbonyl (C=O) groups is 1. The quantitative estimate of drug-likeness (QED) is 0.777. The van der Waals surface area contributed by atoms with Crippen molar-refractivity contribution in [2.24, 2.45) is 0 Å². The Bertz CT molecular complexity index is 506. The molecule has 6 heteroatoms. The molecule has 2 aromatic heterocycles. The Kier molecular flexibility index (Phi) is 2.17. The molecule has 0 aliphatic heterocycles. The molecule has 2 aromatic rings. The van der Waals surface area contributed by atoms with Crippen LogP contribution in [0.3, 0.4) is 0 Å². The van der Waals surface area contributed by atoms with Crippen molar-refractivity contribution in [2.45, 2.75) is 6.92 Å². The maximum Gasteiger partial charge on any atom is 0.356 e. The Morgan fingerprint density at radius 2 is 2.27 bits per heavy atom. The van der Waals surface area contributed by atoms with Gasteiger partial charge in [0.25, 0.3) is 0 Å². The maximum absolute atomic E-state index is 10.6. The van der Waals surface area contributed by atoms with E-state index in [1.54, 1.807) is 12.3 Å². The van der Waals surface area contributed by atoms with Gasteiger partial charge < -0.3 is 5.11 Å². The largest absolute Gasteiger partial charge is 0.476 e. The minimum Gasteiger partial charge on any atom is -0.476 e. The van der Waals surface area contributed by atoms with E-state index < -0.39 is 5.97 Å². The smallest absolute Gasteiger partial charge is 0.356 e. The van der Waals surface area contributed by atoms with Gasteiger partial charge in [-0.15, -0.1) is 0 Å². The molecule has 0 saturated heterocycles. The first kappa shape index (κ1) is 9.32. The van der Waals surface area contributed by atoms with Gasteiger partial charge in [-0.3, -0.25) is 4.57 Å². The minimum absolute atomic E-state index is 0.0277. The molecule has 0 atom stereocenters. The lowest BCUT2D eigenvalue weighted by molar-refractivity contribution is 0.0691. The molecule has 2 rings (SSSR count). The number of hydrogen-bond donors (Lipinski definition) is 1. The molecule has 0 bridgehead atoms. The predicted octanol–water partition coefficient (Wildman–Crippen LogP) is 0.669. The van der Waals surface area contributed by atoms with E-state index in [0.717, 1.165) is 5.69 Å². The highest BCUT2D eigenvalue weighted by molar-refractivity contribution is 5.85. The first-order chi connectivity index (χ1) is 7.16. The molecule has 0 fully saturated rings. The number of hydrogen-bond acceptors (Lipinski definition) is 4. The minimum atomic E-state index is -1.07. The van der Waals surface area contributed by atoms with Crippen molar-refractivity contribution in [2.75, 3.05) is 0 Å². The molecule has 1 N–H and O–H groups in total. The number of nitrogens with zero attached hydrogens (tertiary/aromatic N) is 4. The van der Waals surface area contributed by atoms with Crippen molar-refractivity contribution in [3.05, 3.63) is 36.2 Å². The van der Waals surface area contributed by atoms with E-state index in [4.69, 9.17) is 5.11 Å². The molecule has 0 aliphatic carbocycles. The van der Waals surface area contributed by atoms with E-state index in [2.05, 4.69) is 15.0 Å². The van der Waals surface area contributed by atoms with Crippen molar-refractivity contribution >= 4 is 5.97 Å². The van der Waals surface area contributed by atoms with Crippen molar-refractivity contribution in [1.29, 1.82) is 0 Å². The molecular formula is C9H8N4O2. The van der Waals surface area contributed by atoms with Gasteiger partial charge >= 0.3 is 5.97 Å². The van der Waals surface area contributed by atoms with Gasteiger partial charge in [0.15, 0.2) is 5.69 Å². The molecule has 0 unspecified atom stereocenters. The Hall–Kier alpha value is -2.24. The number of aromatic carboxylic acids is 1. The fourth-order valence-corrected chi connectivity index (χ4v) is 1.10. The molecule has 0 radical (unpaired) electrons. The molecule has 6 nitrogen and oxygen atoms in total. The monoisotopic (exact) mass is 204 g/mol. The zero-order chi connectivity index (χ0) is 10.8. The van der Waals surface area contributed by atoms with Gasteiger partial charge in [-0.05, 0) is 13.0 Å². The van der Waals surface area contributed by atoms with E-state index in [-0.39, 0.29) is 5.69 Å². The predicted molar refractivity (Wildman–Crippen MR) is 50.9 cm³/mol. The molecule has 0 aromatic carbocycles. The van der Waals surface area contributed by atoms with Crippen LogP contribution in [-0.4, -0.2) is 30.6 Å². The second-order valence-electron chi connectivity index (χ2n) is 2.97. The molecule has 0 aliphatic rings. The Balaban J connectivity index is 2.41. The SMILES string of the molecule is Cc1ccnc(-n2cnc(C(=O)O)c2)n1. The number of carboxylic acids is 1. The number of aromatic nitrogens is 4. The number of imidazole rings is 1. The topological polar surface area (TPSA) is 80.9 Å². The third-order valence-corrected chi connectivity index (χ3v) is 1.81. The van der Waals surface area contributed by atoms with Gasteiger partial charge in [-0.2, -0.15) is 0 Å². The second-order valence-corrected chi connectivity index (χ2v) is 2.97. The van der Waals surface area contributed by atoms with Gasteiger partial charge in [-0.1, -0.05) is 0 Å². The lowest BCUT2D eigenvalue weighted by Crippen LogP contribution is -2.00. The van der Waals surface area contributed by atoms with Crippen LogP contribution in [0.1, 0.15) is 16.2 Å². The van der Waals surface area contributed by atoms with Crippen LogP contribution in [0, 0.1) is 6.92 Å². The number of rotatable bonds is 2. The van der Waals surface area contributed by atoms with Crippen LogP contribution in [0.2, 0.25) is 0 Å². The molecular weight excluding hydrogens is 196 g/mol.